The number of fused-ring (bicyclic) bond motifs is 1. The fourth-order valence-electron chi connectivity index (χ4n) is 4.55. The summed E-state index contributed by atoms with van der Waals surface area (Å²) in [5.41, 5.74) is 6.75. The summed E-state index contributed by atoms with van der Waals surface area (Å²) in [5, 5.41) is 4.47. The Hall–Kier alpha value is -3.92. The molecule has 0 spiro atoms. The Balaban J connectivity index is 1.41. The van der Waals surface area contributed by atoms with Crippen LogP contribution in [0.1, 0.15) is 53.0 Å². The lowest BCUT2D eigenvalue weighted by Crippen LogP contribution is -2.08. The second-order valence-corrected chi connectivity index (χ2v) is 8.37. The largest absolute Gasteiger partial charge is 0.426 e. The van der Waals surface area contributed by atoms with Crippen LogP contribution in [0.2, 0.25) is 0 Å². The second kappa shape index (κ2) is 9.29. The fourth-order valence-corrected chi connectivity index (χ4v) is 4.55. The van der Waals surface area contributed by atoms with E-state index in [1.807, 2.05) is 24.3 Å². The zero-order valence-electron chi connectivity index (χ0n) is 18.5. The van der Waals surface area contributed by atoms with Gasteiger partial charge in [0.25, 0.3) is 0 Å². The molecule has 0 amide bonds. The van der Waals surface area contributed by atoms with E-state index in [2.05, 4.69) is 71.9 Å². The number of carbonyl (C=O) groups excluding carboxylic acids is 1. The Bertz CT molecular complexity index is 1250. The maximum Gasteiger partial charge on any atom is 0.308 e. The van der Waals surface area contributed by atoms with Crippen LogP contribution >= 0.6 is 0 Å². The molecule has 5 rings (SSSR count). The molecule has 1 aromatic heterocycles. The Morgan fingerprint density at radius 2 is 1.64 bits per heavy atom. The summed E-state index contributed by atoms with van der Waals surface area (Å²) in [6.45, 7) is 1.43. The average molecular weight is 436 g/mol. The van der Waals surface area contributed by atoms with Crippen molar-refractivity contribution in [2.45, 2.75) is 32.1 Å². The van der Waals surface area contributed by atoms with Crippen molar-refractivity contribution in [1.29, 1.82) is 0 Å². The van der Waals surface area contributed by atoms with E-state index in [-0.39, 0.29) is 11.9 Å². The van der Waals surface area contributed by atoms with E-state index in [0.29, 0.717) is 12.2 Å². The zero-order valence-corrected chi connectivity index (χ0v) is 18.5. The molecule has 0 fully saturated rings. The molecule has 33 heavy (non-hydrogen) atoms. The van der Waals surface area contributed by atoms with Gasteiger partial charge in [-0.25, -0.2) is 0 Å². The minimum absolute atomic E-state index is 0.0252. The highest BCUT2D eigenvalue weighted by atomic mass is 16.5. The van der Waals surface area contributed by atoms with E-state index in [1.54, 1.807) is 0 Å². The summed E-state index contributed by atoms with van der Waals surface area (Å²) in [4.78, 5) is 11.4. The van der Waals surface area contributed by atoms with E-state index in [4.69, 9.17) is 9.26 Å². The number of hydrogen-bond donors (Lipinski definition) is 0. The summed E-state index contributed by atoms with van der Waals surface area (Å²) in [5.74, 6) is 1.24. The maximum absolute atomic E-state index is 11.4. The molecule has 4 heteroatoms. The van der Waals surface area contributed by atoms with Crippen LogP contribution < -0.4 is 4.74 Å². The van der Waals surface area contributed by atoms with Gasteiger partial charge in [0.05, 0.1) is 11.6 Å². The third-order valence-corrected chi connectivity index (χ3v) is 6.02. The first-order valence-electron chi connectivity index (χ1n) is 11.2. The smallest absolute Gasteiger partial charge is 0.308 e. The Labute approximate surface area is 193 Å². The Morgan fingerprint density at radius 1 is 0.939 bits per heavy atom. The number of aromatic nitrogens is 1. The Kier molecular flexibility index (Phi) is 5.90. The lowest BCUT2D eigenvalue weighted by atomic mass is 9.87. The van der Waals surface area contributed by atoms with Crippen LogP contribution in [0.4, 0.5) is 0 Å². The minimum Gasteiger partial charge on any atom is -0.426 e. The topological polar surface area (TPSA) is 52.3 Å². The van der Waals surface area contributed by atoms with Gasteiger partial charge in [0.2, 0.25) is 0 Å². The first kappa shape index (κ1) is 21.0. The maximum atomic E-state index is 11.4. The molecule has 0 aliphatic heterocycles. The molecule has 0 N–H and O–H groups in total. The van der Waals surface area contributed by atoms with Crippen molar-refractivity contribution in [2.75, 3.05) is 0 Å². The number of hydrogen-bond acceptors (Lipinski definition) is 4. The van der Waals surface area contributed by atoms with Crippen LogP contribution in [-0.4, -0.2) is 11.1 Å². The highest BCUT2D eigenvalue weighted by Gasteiger charge is 2.22. The lowest BCUT2D eigenvalue weighted by Gasteiger charge is -2.18. The summed E-state index contributed by atoms with van der Waals surface area (Å²) >= 11 is 0. The van der Waals surface area contributed by atoms with Crippen molar-refractivity contribution in [1.82, 2.24) is 5.16 Å². The lowest BCUT2D eigenvalue weighted by molar-refractivity contribution is -0.131. The van der Waals surface area contributed by atoms with Crippen LogP contribution in [0.3, 0.4) is 0 Å². The van der Waals surface area contributed by atoms with Gasteiger partial charge in [0, 0.05) is 25.0 Å². The van der Waals surface area contributed by atoms with Gasteiger partial charge in [-0.2, -0.15) is 0 Å². The summed E-state index contributed by atoms with van der Waals surface area (Å²) in [6, 6.07) is 28.7. The van der Waals surface area contributed by atoms with Gasteiger partial charge < -0.3 is 9.26 Å². The highest BCUT2D eigenvalue weighted by Crippen LogP contribution is 2.34. The summed E-state index contributed by atoms with van der Waals surface area (Å²) < 4.78 is 11.2. The van der Waals surface area contributed by atoms with E-state index in [0.717, 1.165) is 35.4 Å². The van der Waals surface area contributed by atoms with Crippen LogP contribution in [0, 0.1) is 0 Å². The molecule has 1 heterocycles. The molecule has 4 nitrogen and oxygen atoms in total. The normalized spacial score (nSPS) is 12.8. The number of rotatable bonds is 6. The standard InChI is InChI=1S/C29H25NO3/c1-20(31)32-28-14-8-13-24-17-21(15-16-26(24)28)18-25-19-27(30-33-25)29(22-9-4-2-5-10-22)23-11-6-3-7-12-23/h2-14,17,19,29H,15-16,18H2,1H3. The predicted octanol–water partition coefficient (Wildman–Crippen LogP) is 6.35. The average Bonchev–Trinajstić information content (AvgIpc) is 3.28. The third kappa shape index (κ3) is 4.65. The first-order chi connectivity index (χ1) is 16.2. The molecule has 1 aliphatic carbocycles. The van der Waals surface area contributed by atoms with Gasteiger partial charge in [-0.1, -0.05) is 89.6 Å². The summed E-state index contributed by atoms with van der Waals surface area (Å²) in [6.07, 6.45) is 4.62. The van der Waals surface area contributed by atoms with Crippen molar-refractivity contribution in [3.05, 3.63) is 124 Å². The van der Waals surface area contributed by atoms with Gasteiger partial charge in [-0.05, 0) is 35.6 Å². The van der Waals surface area contributed by atoms with Gasteiger partial charge in [0.1, 0.15) is 11.5 Å². The molecule has 0 saturated carbocycles. The van der Waals surface area contributed by atoms with Gasteiger partial charge in [-0.15, -0.1) is 0 Å². The molecule has 4 aromatic rings. The number of carbonyl (C=O) groups is 1. The number of nitrogens with zero attached hydrogens (tertiary/aromatic N) is 1. The predicted molar refractivity (Wildman–Crippen MR) is 128 cm³/mol. The molecule has 164 valence electrons. The molecule has 0 unspecified atom stereocenters. The molecular weight excluding hydrogens is 410 g/mol. The molecule has 0 saturated heterocycles. The summed E-state index contributed by atoms with van der Waals surface area (Å²) in [7, 11) is 0. The molecule has 0 atom stereocenters. The zero-order chi connectivity index (χ0) is 22.6. The van der Waals surface area contributed by atoms with Crippen molar-refractivity contribution in [3.8, 4) is 5.75 Å². The van der Waals surface area contributed by atoms with E-state index >= 15 is 0 Å². The monoisotopic (exact) mass is 435 g/mol. The molecule has 3 aromatic carbocycles. The minimum atomic E-state index is -0.293. The third-order valence-electron chi connectivity index (χ3n) is 6.02. The van der Waals surface area contributed by atoms with Crippen molar-refractivity contribution in [2.24, 2.45) is 0 Å². The van der Waals surface area contributed by atoms with E-state index in [1.165, 1.54) is 23.6 Å². The number of benzene rings is 3. The molecule has 0 bridgehead atoms. The number of ether oxygens (including phenoxy) is 1. The van der Waals surface area contributed by atoms with Gasteiger partial charge in [-0.3, -0.25) is 4.79 Å². The van der Waals surface area contributed by atoms with Crippen LogP contribution in [0.5, 0.6) is 5.75 Å². The SMILES string of the molecule is CC(=O)Oc1cccc2c1CCC(Cc1cc(C(c3ccccc3)c3ccccc3)no1)=C2. The van der Waals surface area contributed by atoms with Crippen molar-refractivity contribution < 1.29 is 14.1 Å². The fraction of sp³-hybridized carbons (Fsp3) is 0.172. The van der Waals surface area contributed by atoms with E-state index < -0.39 is 0 Å². The van der Waals surface area contributed by atoms with Crippen LogP contribution in [0.25, 0.3) is 6.08 Å². The molecular formula is C29H25NO3. The Morgan fingerprint density at radius 3 is 2.30 bits per heavy atom. The van der Waals surface area contributed by atoms with Gasteiger partial charge >= 0.3 is 5.97 Å². The van der Waals surface area contributed by atoms with Gasteiger partial charge in [0.15, 0.2) is 0 Å². The van der Waals surface area contributed by atoms with Crippen molar-refractivity contribution >= 4 is 12.0 Å². The highest BCUT2D eigenvalue weighted by molar-refractivity contribution is 5.72. The van der Waals surface area contributed by atoms with E-state index in [9.17, 15) is 4.79 Å². The molecule has 1 aliphatic rings. The van der Waals surface area contributed by atoms with Crippen LogP contribution in [-0.2, 0) is 17.6 Å². The number of esters is 1. The quantitative estimate of drug-likeness (QED) is 0.261. The number of allylic oxidation sites excluding steroid dienone is 1. The molecule has 0 radical (unpaired) electrons. The van der Waals surface area contributed by atoms with Crippen molar-refractivity contribution in [3.63, 3.8) is 0 Å². The van der Waals surface area contributed by atoms with Crippen LogP contribution in [0.15, 0.2) is 95.0 Å². The second-order valence-electron chi connectivity index (χ2n) is 8.37. The first-order valence-corrected chi connectivity index (χ1v) is 11.2.